The highest BCUT2D eigenvalue weighted by Gasteiger charge is 2.39. The Labute approximate surface area is 193 Å². The molecule has 6 rings (SSSR count). The summed E-state index contributed by atoms with van der Waals surface area (Å²) in [6.07, 6.45) is 12.3. The lowest BCUT2D eigenvalue weighted by Gasteiger charge is -2.41. The third-order valence-electron chi connectivity index (χ3n) is 6.95. The highest BCUT2D eigenvalue weighted by atomic mass is 15.4. The molecule has 8 heteroatoms. The SMILES string of the molecule is CCC1c2nnc(C)n2-c2cnc(-n3ccnc3Cc3ccccc3)nc2N1C1CCCC1. The van der Waals surface area contributed by atoms with Crippen LogP contribution in [0, 0.1) is 6.92 Å². The van der Waals surface area contributed by atoms with Crippen LogP contribution in [-0.4, -0.2) is 40.3 Å². The Hall–Kier alpha value is -3.55. The summed E-state index contributed by atoms with van der Waals surface area (Å²) in [4.78, 5) is 17.1. The number of imidazole rings is 1. The van der Waals surface area contributed by atoms with Crippen LogP contribution in [0.2, 0.25) is 0 Å². The monoisotopic (exact) mass is 440 g/mol. The van der Waals surface area contributed by atoms with Gasteiger partial charge >= 0.3 is 0 Å². The fraction of sp³-hybridized carbons (Fsp3) is 0.400. The molecule has 0 bridgehead atoms. The summed E-state index contributed by atoms with van der Waals surface area (Å²) in [5.74, 6) is 4.44. The maximum Gasteiger partial charge on any atom is 0.237 e. The van der Waals surface area contributed by atoms with Crippen LogP contribution in [0.1, 0.15) is 68.1 Å². The van der Waals surface area contributed by atoms with E-state index in [0.29, 0.717) is 12.0 Å². The number of rotatable bonds is 5. The van der Waals surface area contributed by atoms with Gasteiger partial charge in [0.2, 0.25) is 5.95 Å². The molecule has 1 unspecified atom stereocenters. The maximum absolute atomic E-state index is 5.16. The van der Waals surface area contributed by atoms with E-state index in [1.807, 2.05) is 36.1 Å². The van der Waals surface area contributed by atoms with Crippen LogP contribution in [0.5, 0.6) is 0 Å². The largest absolute Gasteiger partial charge is 0.341 e. The van der Waals surface area contributed by atoms with Crippen molar-refractivity contribution in [3.63, 3.8) is 0 Å². The van der Waals surface area contributed by atoms with Crippen molar-refractivity contribution >= 4 is 5.82 Å². The first-order chi connectivity index (χ1) is 16.2. The van der Waals surface area contributed by atoms with Gasteiger partial charge in [-0.25, -0.2) is 9.97 Å². The second-order valence-electron chi connectivity index (χ2n) is 8.97. The Morgan fingerprint density at radius 2 is 1.85 bits per heavy atom. The highest BCUT2D eigenvalue weighted by Crippen LogP contribution is 2.43. The number of aryl methyl sites for hydroxylation is 1. The molecule has 0 amide bonds. The first-order valence-electron chi connectivity index (χ1n) is 11.9. The molecule has 1 aliphatic carbocycles. The Morgan fingerprint density at radius 3 is 2.64 bits per heavy atom. The Kier molecular flexibility index (Phi) is 4.93. The van der Waals surface area contributed by atoms with E-state index in [1.165, 1.54) is 31.2 Å². The summed E-state index contributed by atoms with van der Waals surface area (Å²) in [7, 11) is 0. The molecule has 4 aromatic rings. The van der Waals surface area contributed by atoms with Crippen LogP contribution < -0.4 is 4.90 Å². The van der Waals surface area contributed by atoms with E-state index in [4.69, 9.17) is 9.97 Å². The molecule has 8 nitrogen and oxygen atoms in total. The lowest BCUT2D eigenvalue weighted by atomic mass is 10.0. The van der Waals surface area contributed by atoms with Crippen molar-refractivity contribution in [2.45, 2.75) is 64.5 Å². The lowest BCUT2D eigenvalue weighted by Crippen LogP contribution is -2.42. The predicted molar refractivity (Wildman–Crippen MR) is 126 cm³/mol. The van der Waals surface area contributed by atoms with Gasteiger partial charge < -0.3 is 4.90 Å². The van der Waals surface area contributed by atoms with Crippen molar-refractivity contribution in [3.8, 4) is 11.6 Å². The Balaban J connectivity index is 1.47. The first-order valence-corrected chi connectivity index (χ1v) is 11.9. The van der Waals surface area contributed by atoms with Crippen molar-refractivity contribution < 1.29 is 0 Å². The third-order valence-corrected chi connectivity index (χ3v) is 6.95. The van der Waals surface area contributed by atoms with Crippen molar-refractivity contribution in [1.82, 2.24) is 34.3 Å². The summed E-state index contributed by atoms with van der Waals surface area (Å²) in [5, 5.41) is 8.97. The van der Waals surface area contributed by atoms with Gasteiger partial charge in [-0.15, -0.1) is 10.2 Å². The van der Waals surface area contributed by atoms with Crippen LogP contribution in [0.25, 0.3) is 11.6 Å². The fourth-order valence-electron chi connectivity index (χ4n) is 5.40. The lowest BCUT2D eigenvalue weighted by molar-refractivity contribution is 0.467. The summed E-state index contributed by atoms with van der Waals surface area (Å²) < 4.78 is 4.15. The van der Waals surface area contributed by atoms with Gasteiger partial charge in [-0.3, -0.25) is 9.13 Å². The smallest absolute Gasteiger partial charge is 0.237 e. The molecular weight excluding hydrogens is 412 g/mol. The van der Waals surface area contributed by atoms with E-state index < -0.39 is 0 Å². The average molecular weight is 441 g/mol. The fourth-order valence-corrected chi connectivity index (χ4v) is 5.40. The molecular formula is C25H28N8. The molecule has 1 saturated carbocycles. The van der Waals surface area contributed by atoms with E-state index in [2.05, 4.69) is 55.8 Å². The second-order valence-corrected chi connectivity index (χ2v) is 8.97. The number of aromatic nitrogens is 7. The van der Waals surface area contributed by atoms with Crippen LogP contribution in [-0.2, 0) is 6.42 Å². The zero-order valence-corrected chi connectivity index (χ0v) is 19.1. The van der Waals surface area contributed by atoms with Crippen molar-refractivity contribution in [2.75, 3.05) is 4.90 Å². The minimum absolute atomic E-state index is 0.163. The summed E-state index contributed by atoms with van der Waals surface area (Å²) in [6.45, 7) is 4.22. The molecule has 0 N–H and O–H groups in total. The summed E-state index contributed by atoms with van der Waals surface area (Å²) in [6, 6.07) is 11.0. The van der Waals surface area contributed by atoms with E-state index in [0.717, 1.165) is 41.8 Å². The second kappa shape index (κ2) is 8.10. The number of nitrogens with zero attached hydrogens (tertiary/aromatic N) is 8. The normalized spacial score (nSPS) is 17.9. The Bertz CT molecular complexity index is 1270. The molecule has 4 heterocycles. The van der Waals surface area contributed by atoms with E-state index in [-0.39, 0.29) is 6.04 Å². The van der Waals surface area contributed by atoms with E-state index >= 15 is 0 Å². The van der Waals surface area contributed by atoms with Crippen LogP contribution in [0.3, 0.4) is 0 Å². The van der Waals surface area contributed by atoms with E-state index in [9.17, 15) is 0 Å². The van der Waals surface area contributed by atoms with Crippen LogP contribution in [0.4, 0.5) is 5.82 Å². The quantitative estimate of drug-likeness (QED) is 0.459. The molecule has 1 atom stereocenters. The molecule has 0 radical (unpaired) electrons. The molecule has 3 aromatic heterocycles. The Morgan fingerprint density at radius 1 is 1.03 bits per heavy atom. The molecule has 1 fully saturated rings. The van der Waals surface area contributed by atoms with Crippen molar-refractivity contribution in [1.29, 1.82) is 0 Å². The standard InChI is InChI=1S/C25H28N8/c1-3-20-24-30-29-17(2)32(24)21-16-27-25(28-23(21)33(20)19-11-7-8-12-19)31-14-13-26-22(31)15-18-9-5-4-6-10-18/h4-6,9-10,13-14,16,19-20H,3,7-8,11-12,15H2,1-2H3. The number of hydrogen-bond acceptors (Lipinski definition) is 6. The topological polar surface area (TPSA) is 77.5 Å². The third kappa shape index (κ3) is 3.32. The minimum Gasteiger partial charge on any atom is -0.341 e. The number of hydrogen-bond donors (Lipinski definition) is 0. The van der Waals surface area contributed by atoms with Gasteiger partial charge in [0, 0.05) is 24.9 Å². The zero-order chi connectivity index (χ0) is 22.4. The van der Waals surface area contributed by atoms with Crippen molar-refractivity contribution in [2.24, 2.45) is 0 Å². The molecule has 1 aromatic carbocycles. The van der Waals surface area contributed by atoms with Gasteiger partial charge in [-0.1, -0.05) is 50.1 Å². The molecule has 0 saturated heterocycles. The van der Waals surface area contributed by atoms with Gasteiger partial charge in [-0.2, -0.15) is 4.98 Å². The molecule has 168 valence electrons. The summed E-state index contributed by atoms with van der Waals surface area (Å²) >= 11 is 0. The number of benzene rings is 1. The molecule has 33 heavy (non-hydrogen) atoms. The van der Waals surface area contributed by atoms with E-state index in [1.54, 1.807) is 0 Å². The highest BCUT2D eigenvalue weighted by molar-refractivity contribution is 5.63. The average Bonchev–Trinajstić information content (AvgIpc) is 3.60. The van der Waals surface area contributed by atoms with Crippen molar-refractivity contribution in [3.05, 3.63) is 72.0 Å². The van der Waals surface area contributed by atoms with Crippen LogP contribution >= 0.6 is 0 Å². The maximum atomic E-state index is 5.16. The van der Waals surface area contributed by atoms with Gasteiger partial charge in [-0.05, 0) is 31.7 Å². The number of anilines is 1. The number of fused-ring (bicyclic) bond motifs is 3. The summed E-state index contributed by atoms with van der Waals surface area (Å²) in [5.41, 5.74) is 2.18. The van der Waals surface area contributed by atoms with Crippen LogP contribution in [0.15, 0.2) is 48.9 Å². The van der Waals surface area contributed by atoms with Gasteiger partial charge in [0.15, 0.2) is 11.6 Å². The predicted octanol–water partition coefficient (Wildman–Crippen LogP) is 4.36. The molecule has 2 aliphatic rings. The van der Waals surface area contributed by atoms with Gasteiger partial charge in [0.05, 0.1) is 12.2 Å². The zero-order valence-electron chi connectivity index (χ0n) is 19.1. The molecule has 1 aliphatic heterocycles. The first kappa shape index (κ1) is 20.1. The van der Waals surface area contributed by atoms with Gasteiger partial charge in [0.1, 0.15) is 17.3 Å². The molecule has 0 spiro atoms. The minimum atomic E-state index is 0.163. The van der Waals surface area contributed by atoms with Gasteiger partial charge in [0.25, 0.3) is 0 Å².